The Morgan fingerprint density at radius 3 is 2.21 bits per heavy atom. The van der Waals surface area contributed by atoms with Crippen molar-refractivity contribution in [2.75, 3.05) is 25.4 Å². The average Bonchev–Trinajstić information content (AvgIpc) is 2.41. The molecule has 0 atom stereocenters. The summed E-state index contributed by atoms with van der Waals surface area (Å²) in [7, 11) is 0. The molecule has 0 aromatic rings. The summed E-state index contributed by atoms with van der Waals surface area (Å²) in [6, 6.07) is 0. The molecule has 0 aliphatic rings. The van der Waals surface area contributed by atoms with E-state index < -0.39 is 36.8 Å². The molecule has 0 spiro atoms. The SMILES string of the molecule is O=C(O)CNC(=O)CN=C([O-])C([O-])=NCC[S-].[O]=[99Tc+3]. The van der Waals surface area contributed by atoms with E-state index in [1.165, 1.54) is 0 Å². The number of rotatable bonds is 6. The standard InChI is InChI=1S/C8H13N3O5S.O.Tc/c12-5(10-4-6(13)14)3-11-8(16)7(15)9-1-2-17;;/h17H,1-4H2,(H,9,15)(H,10,12)(H,11,16)(H,13,14);;/q;;+3/p-3/i;;1+1. The Morgan fingerprint density at radius 2 is 1.74 bits per heavy atom. The predicted molar refractivity (Wildman–Crippen MR) is 58.2 cm³/mol. The van der Waals surface area contributed by atoms with Gasteiger partial charge in [0.25, 0.3) is 0 Å². The molecule has 106 valence electrons. The Labute approximate surface area is 124 Å². The first-order chi connectivity index (χ1) is 8.97. The number of nitrogens with one attached hydrogen (secondary N) is 1. The summed E-state index contributed by atoms with van der Waals surface area (Å²) in [5.41, 5.74) is 0. The van der Waals surface area contributed by atoms with Crippen LogP contribution in [0.3, 0.4) is 0 Å². The van der Waals surface area contributed by atoms with E-state index in [4.69, 9.17) is 8.61 Å². The molecule has 0 heterocycles. The summed E-state index contributed by atoms with van der Waals surface area (Å²) in [4.78, 5) is 27.4. The number of hydrogen-bond acceptors (Lipinski definition) is 8. The van der Waals surface area contributed by atoms with Crippen molar-refractivity contribution in [1.82, 2.24) is 5.32 Å². The first-order valence-electron chi connectivity index (χ1n) is 4.62. The third-order valence-corrected chi connectivity index (χ3v) is 1.52. The zero-order valence-corrected chi connectivity index (χ0v) is 12.2. The number of carboxylic acid groups (broad SMARTS) is 1. The molecule has 0 aromatic heterocycles. The van der Waals surface area contributed by atoms with Gasteiger partial charge in [0.15, 0.2) is 0 Å². The van der Waals surface area contributed by atoms with Gasteiger partial charge < -0.3 is 38.3 Å². The van der Waals surface area contributed by atoms with Gasteiger partial charge in [0.05, 0.1) is 0 Å². The van der Waals surface area contributed by atoms with Crippen molar-refractivity contribution >= 4 is 36.3 Å². The Hall–Kier alpha value is -1.32. The van der Waals surface area contributed by atoms with Crippen LogP contribution in [0, 0.1) is 0 Å². The molecule has 0 saturated carbocycles. The molecule has 0 bridgehead atoms. The van der Waals surface area contributed by atoms with Crippen LogP contribution in [0.2, 0.25) is 0 Å². The molecule has 0 unspecified atom stereocenters. The molecule has 0 radical (unpaired) electrons. The predicted octanol–water partition coefficient (Wildman–Crippen LogP) is -3.87. The van der Waals surface area contributed by atoms with Gasteiger partial charge in [-0.3, -0.25) is 14.6 Å². The molecule has 2 N–H and O–H groups in total. The van der Waals surface area contributed by atoms with E-state index in [1.807, 2.05) is 5.32 Å². The van der Waals surface area contributed by atoms with Crippen molar-refractivity contribution in [1.29, 1.82) is 0 Å². The van der Waals surface area contributed by atoms with Crippen LogP contribution >= 0.6 is 0 Å². The van der Waals surface area contributed by atoms with Gasteiger partial charge in [-0.2, -0.15) is 5.75 Å². The fraction of sp³-hybridized carbons (Fsp3) is 0.500. The van der Waals surface area contributed by atoms with E-state index in [0.29, 0.717) is 0 Å². The number of hydrogen-bond donors (Lipinski definition) is 2. The van der Waals surface area contributed by atoms with Gasteiger partial charge in [0.2, 0.25) is 5.91 Å². The topological polar surface area (TPSA) is 154 Å². The summed E-state index contributed by atoms with van der Waals surface area (Å²) < 4.78 is 8.22. The molecular formula is C8H10N3O6STc. The fourth-order valence-corrected chi connectivity index (χ4v) is 0.747. The number of aliphatic carboxylic acids is 1. The number of aliphatic imine (C=N–C) groups is 2. The van der Waals surface area contributed by atoms with Crippen molar-refractivity contribution < 1.29 is 47.3 Å². The normalized spacial score (nSPS) is 11.2. The van der Waals surface area contributed by atoms with Gasteiger partial charge in [-0.05, 0) is 11.8 Å². The molecule has 0 aliphatic heterocycles. The second kappa shape index (κ2) is 13.1. The van der Waals surface area contributed by atoms with Gasteiger partial charge in [-0.1, -0.05) is 0 Å². The summed E-state index contributed by atoms with van der Waals surface area (Å²) in [5.74, 6) is -4.00. The number of carbonyl (C=O) groups is 2. The van der Waals surface area contributed by atoms with Crippen LogP contribution in [0.15, 0.2) is 9.98 Å². The maximum absolute atomic E-state index is 11.0. The molecule has 0 fully saturated rings. The van der Waals surface area contributed by atoms with Gasteiger partial charge in [-0.25, -0.2) is 0 Å². The van der Waals surface area contributed by atoms with Crippen LogP contribution in [0.4, 0.5) is 0 Å². The van der Waals surface area contributed by atoms with Crippen molar-refractivity contribution in [3.63, 3.8) is 0 Å². The van der Waals surface area contributed by atoms with Crippen molar-refractivity contribution in [3.8, 4) is 0 Å². The summed E-state index contributed by atoms with van der Waals surface area (Å²) in [5, 5.41) is 32.1. The summed E-state index contributed by atoms with van der Waals surface area (Å²) >= 11 is 5.41. The third kappa shape index (κ3) is 12.9. The van der Waals surface area contributed by atoms with E-state index >= 15 is 0 Å². The maximum atomic E-state index is 11.0. The molecule has 0 saturated heterocycles. The van der Waals surface area contributed by atoms with E-state index in [-0.39, 0.29) is 12.3 Å². The molecule has 19 heavy (non-hydrogen) atoms. The summed E-state index contributed by atoms with van der Waals surface area (Å²) in [6.07, 6.45) is 0. The zero-order chi connectivity index (χ0) is 15.3. The van der Waals surface area contributed by atoms with E-state index in [1.54, 1.807) is 0 Å². The number of nitrogens with zero attached hydrogens (tertiary/aromatic N) is 2. The number of carbonyl (C=O) groups excluding carboxylic acids is 1. The molecular weight excluding hydrogens is 365 g/mol. The van der Waals surface area contributed by atoms with Crippen molar-refractivity contribution in [3.05, 3.63) is 0 Å². The van der Waals surface area contributed by atoms with E-state index in [2.05, 4.69) is 22.6 Å². The number of carboxylic acids is 1. The average molecular weight is 375 g/mol. The quantitative estimate of drug-likeness (QED) is 0.273. The molecule has 0 aliphatic carbocycles. The van der Waals surface area contributed by atoms with E-state index in [9.17, 15) is 19.8 Å². The first-order valence-corrected chi connectivity index (χ1v) is 5.96. The molecule has 1 amide bonds. The van der Waals surface area contributed by atoms with Crippen LogP contribution in [0.5, 0.6) is 0 Å². The Bertz CT molecular complexity index is 362. The van der Waals surface area contributed by atoms with Crippen LogP contribution in [-0.4, -0.2) is 54.2 Å². The fourth-order valence-electron chi connectivity index (χ4n) is 0.656. The van der Waals surface area contributed by atoms with Crippen LogP contribution in [-0.2, 0) is 44.6 Å². The van der Waals surface area contributed by atoms with E-state index in [0.717, 1.165) is 18.9 Å². The van der Waals surface area contributed by atoms with Crippen LogP contribution < -0.4 is 15.5 Å². The van der Waals surface area contributed by atoms with Gasteiger partial charge in [-0.15, -0.1) is 0 Å². The van der Waals surface area contributed by atoms with Gasteiger partial charge >= 0.3 is 28.3 Å². The van der Waals surface area contributed by atoms with Crippen molar-refractivity contribution in [2.45, 2.75) is 0 Å². The van der Waals surface area contributed by atoms with Gasteiger partial charge in [0.1, 0.15) is 13.1 Å². The minimum atomic E-state index is -1.22. The Balaban J connectivity index is 0. The van der Waals surface area contributed by atoms with Gasteiger partial charge in [0, 0.05) is 6.54 Å². The number of amides is 1. The zero-order valence-electron chi connectivity index (χ0n) is 9.50. The second-order valence-corrected chi connectivity index (χ2v) is 3.09. The van der Waals surface area contributed by atoms with Crippen LogP contribution in [0.25, 0.3) is 0 Å². The van der Waals surface area contributed by atoms with Crippen molar-refractivity contribution in [2.24, 2.45) is 9.98 Å². The first kappa shape index (κ1) is 20.0. The second-order valence-electron chi connectivity index (χ2n) is 2.68. The monoisotopic (exact) mass is 375 g/mol. The minimum absolute atomic E-state index is 0.0423. The third-order valence-electron chi connectivity index (χ3n) is 1.33. The van der Waals surface area contributed by atoms with Crippen LogP contribution in [0.1, 0.15) is 0 Å². The Morgan fingerprint density at radius 1 is 1.21 bits per heavy atom. The molecule has 0 aromatic carbocycles. The Kier molecular flexibility index (Phi) is 13.8. The summed E-state index contributed by atoms with van der Waals surface area (Å²) in [6.45, 7) is -1.14. The molecule has 11 heteroatoms. The molecule has 0 rings (SSSR count). The molecule has 9 nitrogen and oxygen atoms in total.